The molecule has 1 atom stereocenters. The Hall–Kier alpha value is -2.55. The Labute approximate surface area is 187 Å². The van der Waals surface area contributed by atoms with Crippen LogP contribution in [0.15, 0.2) is 82.2 Å². The Kier molecular flexibility index (Phi) is 5.73. The van der Waals surface area contributed by atoms with Crippen LogP contribution in [0.25, 0.3) is 0 Å². The molecule has 1 N–H and O–H groups in total. The van der Waals surface area contributed by atoms with E-state index in [1.807, 2.05) is 6.07 Å². The predicted octanol–water partition coefficient (Wildman–Crippen LogP) is 4.70. The minimum Gasteiger partial charge on any atom is -0.476 e. The van der Waals surface area contributed by atoms with E-state index in [0.29, 0.717) is 22.1 Å². The largest absolute Gasteiger partial charge is 0.476 e. The van der Waals surface area contributed by atoms with Gasteiger partial charge in [-0.3, -0.25) is 9.10 Å². The molecule has 0 unspecified atom stereocenters. The Morgan fingerprint density at radius 3 is 2.53 bits per heavy atom. The van der Waals surface area contributed by atoms with Crippen LogP contribution in [0.3, 0.4) is 0 Å². The highest BCUT2D eigenvalue weighted by Gasteiger charge is 2.37. The number of halogens is 2. The molecule has 0 bridgehead atoms. The van der Waals surface area contributed by atoms with Crippen LogP contribution in [0.4, 0.5) is 11.4 Å². The quantitative estimate of drug-likeness (QED) is 0.555. The van der Waals surface area contributed by atoms with Crippen LogP contribution < -0.4 is 14.4 Å². The lowest BCUT2D eigenvalue weighted by molar-refractivity contribution is -0.122. The Morgan fingerprint density at radius 2 is 1.80 bits per heavy atom. The van der Waals surface area contributed by atoms with Crippen LogP contribution in [0.5, 0.6) is 5.75 Å². The molecule has 0 aromatic heterocycles. The van der Waals surface area contributed by atoms with Crippen molar-refractivity contribution in [3.05, 3.63) is 82.3 Å². The summed E-state index contributed by atoms with van der Waals surface area (Å²) in [7, 11) is -3.93. The van der Waals surface area contributed by atoms with Gasteiger partial charge in [-0.25, -0.2) is 8.42 Å². The number of nitrogens with one attached hydrogen (secondary N) is 1. The van der Waals surface area contributed by atoms with Gasteiger partial charge in [0.05, 0.1) is 17.1 Å². The molecule has 3 aromatic rings. The van der Waals surface area contributed by atoms with E-state index in [2.05, 4.69) is 21.2 Å². The number of benzene rings is 3. The highest BCUT2D eigenvalue weighted by Crippen LogP contribution is 2.37. The van der Waals surface area contributed by atoms with Crippen molar-refractivity contribution >= 4 is 54.8 Å². The minimum absolute atomic E-state index is 0.0785. The van der Waals surface area contributed by atoms with Crippen LogP contribution in [-0.2, 0) is 14.8 Å². The smallest absolute Gasteiger partial charge is 0.267 e. The van der Waals surface area contributed by atoms with Gasteiger partial charge in [0.2, 0.25) is 0 Å². The molecule has 9 heteroatoms. The van der Waals surface area contributed by atoms with Crippen LogP contribution in [-0.4, -0.2) is 27.0 Å². The maximum Gasteiger partial charge on any atom is 0.267 e. The third-order valence-electron chi connectivity index (χ3n) is 4.52. The van der Waals surface area contributed by atoms with Crippen LogP contribution in [0, 0.1) is 0 Å². The van der Waals surface area contributed by atoms with Crippen LogP contribution in [0.2, 0.25) is 5.02 Å². The monoisotopic (exact) mass is 506 g/mol. The molecule has 0 aliphatic carbocycles. The van der Waals surface area contributed by atoms with Gasteiger partial charge in [-0.15, -0.1) is 0 Å². The summed E-state index contributed by atoms with van der Waals surface area (Å²) in [5.41, 5.74) is 0.947. The van der Waals surface area contributed by atoms with Crippen molar-refractivity contribution in [1.29, 1.82) is 0 Å². The van der Waals surface area contributed by atoms with Gasteiger partial charge in [0.25, 0.3) is 15.9 Å². The molecular weight excluding hydrogens is 492 g/mol. The summed E-state index contributed by atoms with van der Waals surface area (Å²) in [5.74, 6) is -0.130. The van der Waals surface area contributed by atoms with Crippen LogP contribution in [0.1, 0.15) is 0 Å². The number of anilines is 2. The second-order valence-electron chi connectivity index (χ2n) is 6.56. The van der Waals surface area contributed by atoms with E-state index in [1.165, 1.54) is 28.6 Å². The van der Waals surface area contributed by atoms with Gasteiger partial charge in [0, 0.05) is 15.2 Å². The minimum atomic E-state index is -3.93. The summed E-state index contributed by atoms with van der Waals surface area (Å²) in [4.78, 5) is 12.9. The summed E-state index contributed by atoms with van der Waals surface area (Å²) in [5, 5.41) is 3.20. The van der Waals surface area contributed by atoms with Gasteiger partial charge in [-0.05, 0) is 54.6 Å². The average molecular weight is 508 g/mol. The van der Waals surface area contributed by atoms with E-state index < -0.39 is 22.0 Å². The van der Waals surface area contributed by atoms with Gasteiger partial charge in [-0.1, -0.05) is 45.7 Å². The number of amides is 1. The van der Waals surface area contributed by atoms with E-state index in [4.69, 9.17) is 16.3 Å². The van der Waals surface area contributed by atoms with Gasteiger partial charge >= 0.3 is 0 Å². The van der Waals surface area contributed by atoms with E-state index in [9.17, 15) is 13.2 Å². The van der Waals surface area contributed by atoms with E-state index in [-0.39, 0.29) is 11.4 Å². The number of rotatable bonds is 4. The third kappa shape index (κ3) is 4.16. The van der Waals surface area contributed by atoms with E-state index in [0.717, 1.165) is 4.47 Å². The van der Waals surface area contributed by atoms with Crippen molar-refractivity contribution < 1.29 is 17.9 Å². The molecule has 3 aromatic carbocycles. The summed E-state index contributed by atoms with van der Waals surface area (Å²) in [6.45, 7) is -0.165. The number of carbonyl (C=O) groups excluding carboxylic acids is 1. The SMILES string of the molecule is O=C(Nc1cccc(Br)c1)[C@H]1CN(S(=O)(=O)c2ccc(Cl)cc2)c2ccccc2O1. The van der Waals surface area contributed by atoms with Crippen molar-refractivity contribution in [2.45, 2.75) is 11.0 Å². The first-order chi connectivity index (χ1) is 14.3. The first kappa shape index (κ1) is 20.7. The maximum absolute atomic E-state index is 13.3. The average Bonchev–Trinajstić information content (AvgIpc) is 2.73. The first-order valence-corrected chi connectivity index (χ1v) is 11.6. The molecule has 0 radical (unpaired) electrons. The number of ether oxygens (including phenoxy) is 1. The number of hydrogen-bond donors (Lipinski definition) is 1. The van der Waals surface area contributed by atoms with Crippen molar-refractivity contribution in [1.82, 2.24) is 0 Å². The number of fused-ring (bicyclic) bond motifs is 1. The maximum atomic E-state index is 13.3. The zero-order valence-electron chi connectivity index (χ0n) is 15.5. The van der Waals surface area contributed by atoms with E-state index >= 15 is 0 Å². The molecule has 0 fully saturated rings. The first-order valence-electron chi connectivity index (χ1n) is 8.95. The van der Waals surface area contributed by atoms with Gasteiger partial charge < -0.3 is 10.1 Å². The molecule has 4 rings (SSSR count). The lowest BCUT2D eigenvalue weighted by atomic mass is 10.2. The Morgan fingerprint density at radius 1 is 1.07 bits per heavy atom. The van der Waals surface area contributed by atoms with Crippen molar-refractivity contribution in [3.8, 4) is 5.75 Å². The zero-order chi connectivity index (χ0) is 21.3. The van der Waals surface area contributed by atoms with Crippen LogP contribution >= 0.6 is 27.5 Å². The van der Waals surface area contributed by atoms with Gasteiger partial charge in [-0.2, -0.15) is 0 Å². The topological polar surface area (TPSA) is 75.7 Å². The standard InChI is InChI=1S/C21H16BrClN2O4S/c22-14-4-3-5-16(12-14)24-21(26)20-13-25(18-6-1-2-7-19(18)29-20)30(27,28)17-10-8-15(23)9-11-17/h1-12,20H,13H2,(H,24,26)/t20-/m1/s1. The second kappa shape index (κ2) is 8.29. The molecule has 154 valence electrons. The molecule has 0 spiro atoms. The van der Waals surface area contributed by atoms with Crippen molar-refractivity contribution in [2.24, 2.45) is 0 Å². The molecule has 30 heavy (non-hydrogen) atoms. The molecule has 1 aliphatic heterocycles. The molecule has 0 saturated carbocycles. The second-order valence-corrected chi connectivity index (χ2v) is 9.78. The fourth-order valence-corrected chi connectivity index (χ4v) is 5.09. The number of carbonyl (C=O) groups is 1. The molecule has 1 amide bonds. The molecular formula is C21H16BrClN2O4S. The predicted molar refractivity (Wildman–Crippen MR) is 120 cm³/mol. The molecule has 1 heterocycles. The highest BCUT2D eigenvalue weighted by atomic mass is 79.9. The lowest BCUT2D eigenvalue weighted by Crippen LogP contribution is -2.48. The zero-order valence-corrected chi connectivity index (χ0v) is 18.6. The van der Waals surface area contributed by atoms with Gasteiger partial charge in [0.15, 0.2) is 6.10 Å². The molecule has 6 nitrogen and oxygen atoms in total. The summed E-state index contributed by atoms with van der Waals surface area (Å²) >= 11 is 9.25. The molecule has 1 aliphatic rings. The van der Waals surface area contributed by atoms with Crippen molar-refractivity contribution in [3.63, 3.8) is 0 Å². The van der Waals surface area contributed by atoms with Crippen molar-refractivity contribution in [2.75, 3.05) is 16.2 Å². The normalized spacial score (nSPS) is 15.8. The summed E-state index contributed by atoms with van der Waals surface area (Å²) < 4.78 is 34.5. The Balaban J connectivity index is 1.67. The third-order valence-corrected chi connectivity index (χ3v) is 7.06. The lowest BCUT2D eigenvalue weighted by Gasteiger charge is -2.34. The number of para-hydroxylation sites is 2. The fourth-order valence-electron chi connectivity index (χ4n) is 3.09. The summed E-state index contributed by atoms with van der Waals surface area (Å²) in [6, 6.07) is 19.7. The summed E-state index contributed by atoms with van der Waals surface area (Å²) in [6.07, 6.45) is -1.03. The number of nitrogens with zero attached hydrogens (tertiary/aromatic N) is 1. The Bertz CT molecular complexity index is 1200. The number of sulfonamides is 1. The molecule has 0 saturated heterocycles. The number of hydrogen-bond acceptors (Lipinski definition) is 4. The fraction of sp³-hybridized carbons (Fsp3) is 0.0952. The van der Waals surface area contributed by atoms with E-state index in [1.54, 1.807) is 42.5 Å². The highest BCUT2D eigenvalue weighted by molar-refractivity contribution is 9.10. The van der Waals surface area contributed by atoms with Gasteiger partial charge in [0.1, 0.15) is 5.75 Å².